The number of imidazole rings is 1. The average molecular weight is 419 g/mol. The maximum absolute atomic E-state index is 14.5. The summed E-state index contributed by atoms with van der Waals surface area (Å²) in [4.78, 5) is 8.67. The Labute approximate surface area is 174 Å². The third-order valence-electron chi connectivity index (χ3n) is 4.81. The summed E-state index contributed by atoms with van der Waals surface area (Å²) < 4.78 is 38.1. The number of halogens is 2. The fourth-order valence-electron chi connectivity index (χ4n) is 3.30. The van der Waals surface area contributed by atoms with Gasteiger partial charge in [-0.15, -0.1) is 10.2 Å². The minimum Gasteiger partial charge on any atom is -0.468 e. The maximum Gasteiger partial charge on any atom is 0.241 e. The number of benzene rings is 2. The Morgan fingerprint density at radius 2 is 1.77 bits per heavy atom. The Morgan fingerprint density at radius 3 is 2.48 bits per heavy atom. The number of hydrogen-bond acceptors (Lipinski definition) is 6. The van der Waals surface area contributed by atoms with Crippen molar-refractivity contribution in [2.45, 2.75) is 6.61 Å². The van der Waals surface area contributed by atoms with Crippen molar-refractivity contribution in [3.05, 3.63) is 78.6 Å². The lowest BCUT2D eigenvalue weighted by atomic mass is 10.1. The van der Waals surface area contributed by atoms with Crippen molar-refractivity contribution >= 4 is 5.65 Å². The van der Waals surface area contributed by atoms with Crippen LogP contribution in [0.4, 0.5) is 8.78 Å². The molecule has 0 atom stereocenters. The second-order valence-electron chi connectivity index (χ2n) is 6.69. The van der Waals surface area contributed by atoms with E-state index in [2.05, 4.69) is 25.3 Å². The van der Waals surface area contributed by atoms with Crippen molar-refractivity contribution in [1.82, 2.24) is 34.3 Å². The van der Waals surface area contributed by atoms with E-state index in [0.717, 1.165) is 17.7 Å². The van der Waals surface area contributed by atoms with E-state index in [1.165, 1.54) is 18.7 Å². The highest BCUT2D eigenvalue weighted by molar-refractivity contribution is 5.79. The fourth-order valence-corrected chi connectivity index (χ4v) is 3.30. The molecular weight excluding hydrogens is 404 g/mol. The lowest BCUT2D eigenvalue weighted by Crippen LogP contribution is -2.05. The van der Waals surface area contributed by atoms with Gasteiger partial charge in [0.2, 0.25) is 5.88 Å². The lowest BCUT2D eigenvalue weighted by Gasteiger charge is -2.07. The molecule has 10 heteroatoms. The number of ether oxygens (including phenoxy) is 1. The largest absolute Gasteiger partial charge is 0.468 e. The Bertz CT molecular complexity index is 1360. The van der Waals surface area contributed by atoms with E-state index in [4.69, 9.17) is 4.74 Å². The number of hydrogen-bond donors (Lipinski definition) is 0. The normalized spacial score (nSPS) is 11.2. The number of aromatic nitrogens is 7. The third-order valence-corrected chi connectivity index (χ3v) is 4.81. The number of nitrogens with zero attached hydrogens (tertiary/aromatic N) is 7. The maximum atomic E-state index is 14.5. The van der Waals surface area contributed by atoms with Gasteiger partial charge in [0.05, 0.1) is 5.56 Å². The molecule has 0 unspecified atom stereocenters. The van der Waals surface area contributed by atoms with E-state index < -0.39 is 11.6 Å². The van der Waals surface area contributed by atoms with Crippen LogP contribution in [0.15, 0.2) is 61.2 Å². The summed E-state index contributed by atoms with van der Waals surface area (Å²) in [5, 5.41) is 12.0. The van der Waals surface area contributed by atoms with Gasteiger partial charge in [0.25, 0.3) is 0 Å². The van der Waals surface area contributed by atoms with E-state index in [1.54, 1.807) is 16.1 Å². The molecule has 5 rings (SSSR count). The van der Waals surface area contributed by atoms with Gasteiger partial charge in [-0.1, -0.05) is 36.4 Å². The van der Waals surface area contributed by atoms with Crippen LogP contribution in [0.3, 0.4) is 0 Å². The van der Waals surface area contributed by atoms with Gasteiger partial charge in [-0.05, 0) is 12.1 Å². The molecule has 0 aliphatic heterocycles. The first-order valence-electron chi connectivity index (χ1n) is 9.32. The Hall–Kier alpha value is -4.21. The van der Waals surface area contributed by atoms with Crippen LogP contribution in [-0.4, -0.2) is 34.3 Å². The first kappa shape index (κ1) is 18.8. The summed E-state index contributed by atoms with van der Waals surface area (Å²) in [6.07, 6.45) is 2.86. The molecule has 0 fully saturated rings. The highest BCUT2D eigenvalue weighted by Crippen LogP contribution is 2.35. The first-order valence-corrected chi connectivity index (χ1v) is 9.32. The minimum atomic E-state index is -0.756. The quantitative estimate of drug-likeness (QED) is 0.434. The molecule has 2 aromatic carbocycles. The molecule has 0 saturated carbocycles. The molecule has 0 radical (unpaired) electrons. The van der Waals surface area contributed by atoms with Gasteiger partial charge in [0.1, 0.15) is 42.3 Å². The Balaban J connectivity index is 1.71. The molecule has 8 nitrogen and oxygen atoms in total. The Morgan fingerprint density at radius 1 is 1.00 bits per heavy atom. The minimum absolute atomic E-state index is 0.0243. The molecule has 0 N–H and O–H groups in total. The van der Waals surface area contributed by atoms with Crippen LogP contribution in [0, 0.1) is 11.6 Å². The standard InChI is InChI=1S/C21H15F2N7O/c1-29-16(24-11-26-29)10-31-21-19(13-6-3-2-4-7-13)30-12-25-28-18(20(30)27-21)17-14(22)8-5-9-15(17)23/h2-9,11-12H,10H2,1H3. The van der Waals surface area contributed by atoms with Crippen molar-refractivity contribution < 1.29 is 13.5 Å². The molecular formula is C21H15F2N7O. The molecule has 31 heavy (non-hydrogen) atoms. The first-order chi connectivity index (χ1) is 15.1. The van der Waals surface area contributed by atoms with Gasteiger partial charge in [0, 0.05) is 12.6 Å². The zero-order valence-corrected chi connectivity index (χ0v) is 16.3. The van der Waals surface area contributed by atoms with Crippen LogP contribution >= 0.6 is 0 Å². The summed E-state index contributed by atoms with van der Waals surface area (Å²) in [5.41, 5.74) is 1.25. The van der Waals surface area contributed by atoms with Crippen LogP contribution in [0.1, 0.15) is 5.82 Å². The van der Waals surface area contributed by atoms with Gasteiger partial charge in [-0.2, -0.15) is 10.1 Å². The third kappa shape index (κ3) is 3.27. The van der Waals surface area contributed by atoms with Crippen molar-refractivity contribution in [3.8, 4) is 28.4 Å². The highest BCUT2D eigenvalue weighted by Gasteiger charge is 2.23. The van der Waals surface area contributed by atoms with E-state index >= 15 is 0 Å². The van der Waals surface area contributed by atoms with Gasteiger partial charge < -0.3 is 4.74 Å². The number of fused-ring (bicyclic) bond motifs is 1. The average Bonchev–Trinajstić information content (AvgIpc) is 3.36. The van der Waals surface area contributed by atoms with Crippen LogP contribution in [0.5, 0.6) is 5.88 Å². The van der Waals surface area contributed by atoms with Crippen molar-refractivity contribution in [2.24, 2.45) is 7.05 Å². The predicted molar refractivity (Wildman–Crippen MR) is 107 cm³/mol. The predicted octanol–water partition coefficient (Wildman–Crippen LogP) is 3.44. The molecule has 3 aromatic heterocycles. The fraction of sp³-hybridized carbons (Fsp3) is 0.0952. The lowest BCUT2D eigenvalue weighted by molar-refractivity contribution is 0.281. The Kier molecular flexibility index (Phi) is 4.58. The van der Waals surface area contributed by atoms with Gasteiger partial charge in [-0.3, -0.25) is 9.08 Å². The van der Waals surface area contributed by atoms with E-state index in [9.17, 15) is 8.78 Å². The molecule has 0 spiro atoms. The van der Waals surface area contributed by atoms with Crippen molar-refractivity contribution in [3.63, 3.8) is 0 Å². The molecule has 0 saturated heterocycles. The van der Waals surface area contributed by atoms with Gasteiger partial charge in [-0.25, -0.2) is 13.8 Å². The van der Waals surface area contributed by atoms with Crippen LogP contribution in [0.2, 0.25) is 0 Å². The molecule has 5 aromatic rings. The van der Waals surface area contributed by atoms with Gasteiger partial charge in [0.15, 0.2) is 11.5 Å². The van der Waals surface area contributed by atoms with E-state index in [1.807, 2.05) is 30.3 Å². The highest BCUT2D eigenvalue weighted by atomic mass is 19.1. The van der Waals surface area contributed by atoms with Crippen LogP contribution < -0.4 is 4.74 Å². The summed E-state index contributed by atoms with van der Waals surface area (Å²) in [7, 11) is 1.75. The van der Waals surface area contributed by atoms with Crippen LogP contribution in [0.25, 0.3) is 28.2 Å². The second kappa shape index (κ2) is 7.56. The summed E-state index contributed by atoms with van der Waals surface area (Å²) in [5.74, 6) is -0.670. The zero-order chi connectivity index (χ0) is 21.4. The molecule has 0 bridgehead atoms. The SMILES string of the molecule is Cn1ncnc1COc1nc2c(-c3c(F)cccc3F)nncn2c1-c1ccccc1. The van der Waals surface area contributed by atoms with E-state index in [0.29, 0.717) is 11.5 Å². The summed E-state index contributed by atoms with van der Waals surface area (Å²) in [6.45, 7) is 0.102. The molecule has 0 aliphatic carbocycles. The topological polar surface area (TPSA) is 83.0 Å². The monoisotopic (exact) mass is 419 g/mol. The van der Waals surface area contributed by atoms with Crippen molar-refractivity contribution in [1.29, 1.82) is 0 Å². The smallest absolute Gasteiger partial charge is 0.241 e. The number of aryl methyl sites for hydroxylation is 1. The van der Waals surface area contributed by atoms with Crippen molar-refractivity contribution in [2.75, 3.05) is 0 Å². The summed E-state index contributed by atoms with van der Waals surface area (Å²) >= 11 is 0. The van der Waals surface area contributed by atoms with Gasteiger partial charge >= 0.3 is 0 Å². The molecule has 154 valence electrons. The molecule has 3 heterocycles. The van der Waals surface area contributed by atoms with Crippen LogP contribution in [-0.2, 0) is 13.7 Å². The molecule has 0 amide bonds. The molecule has 0 aliphatic rings. The summed E-state index contributed by atoms with van der Waals surface area (Å²) in [6, 6.07) is 13.0. The second-order valence-corrected chi connectivity index (χ2v) is 6.69. The zero-order valence-electron chi connectivity index (χ0n) is 16.3. The number of rotatable bonds is 5. The van der Waals surface area contributed by atoms with E-state index in [-0.39, 0.29) is 29.4 Å².